The fourth-order valence-electron chi connectivity index (χ4n) is 3.13. The number of benzene rings is 1. The molecule has 2 unspecified atom stereocenters. The van der Waals surface area contributed by atoms with Gasteiger partial charge in [0.15, 0.2) is 5.78 Å². The van der Waals surface area contributed by atoms with Crippen molar-refractivity contribution in [3.05, 3.63) is 29.3 Å². The van der Waals surface area contributed by atoms with Crippen molar-refractivity contribution in [1.29, 1.82) is 0 Å². The molecule has 3 rings (SSSR count). The van der Waals surface area contributed by atoms with Crippen molar-refractivity contribution in [3.8, 4) is 0 Å². The molecule has 1 fully saturated rings. The molecule has 2 aliphatic rings. The zero-order valence-corrected chi connectivity index (χ0v) is 8.70. The summed E-state index contributed by atoms with van der Waals surface area (Å²) >= 11 is 0. The van der Waals surface area contributed by atoms with Crippen LogP contribution in [-0.2, 0) is 0 Å². The summed E-state index contributed by atoms with van der Waals surface area (Å²) in [5.41, 5.74) is 8.58. The molecule has 0 amide bonds. The molecule has 78 valence electrons. The average Bonchev–Trinajstić information content (AvgIpc) is 2.54. The van der Waals surface area contributed by atoms with Crippen molar-refractivity contribution in [1.82, 2.24) is 0 Å². The Bertz CT molecular complexity index is 425. The lowest BCUT2D eigenvalue weighted by Crippen LogP contribution is -2.17. The Balaban J connectivity index is 2.11. The van der Waals surface area contributed by atoms with E-state index in [-0.39, 0.29) is 5.92 Å². The van der Waals surface area contributed by atoms with E-state index in [1.54, 1.807) is 0 Å². The standard InChI is InChI=1S/C13H15NO/c14-8-5-6-10-9-3-1-2-4-11(9)13(15)12(10)7-8/h5-7,9,11H,1-4,14H2. The van der Waals surface area contributed by atoms with Crippen molar-refractivity contribution < 1.29 is 4.79 Å². The lowest BCUT2D eigenvalue weighted by Gasteiger charge is -2.24. The third-order valence-corrected chi connectivity index (χ3v) is 3.85. The van der Waals surface area contributed by atoms with Crippen LogP contribution in [0.4, 0.5) is 5.69 Å². The maximum atomic E-state index is 12.1. The SMILES string of the molecule is Nc1ccc2c(c1)C(=O)C1CCCCC21. The van der Waals surface area contributed by atoms with Crippen LogP contribution >= 0.6 is 0 Å². The number of rotatable bonds is 0. The molecule has 2 N–H and O–H groups in total. The third kappa shape index (κ3) is 1.21. The summed E-state index contributed by atoms with van der Waals surface area (Å²) in [6.45, 7) is 0. The van der Waals surface area contributed by atoms with Gasteiger partial charge in [-0.1, -0.05) is 18.9 Å². The van der Waals surface area contributed by atoms with Gasteiger partial charge in [0.1, 0.15) is 0 Å². The smallest absolute Gasteiger partial charge is 0.166 e. The van der Waals surface area contributed by atoms with E-state index in [0.717, 1.165) is 12.0 Å². The van der Waals surface area contributed by atoms with Gasteiger partial charge in [-0.2, -0.15) is 0 Å². The maximum absolute atomic E-state index is 12.1. The van der Waals surface area contributed by atoms with Crippen molar-refractivity contribution in [3.63, 3.8) is 0 Å². The quantitative estimate of drug-likeness (QED) is 0.656. The number of anilines is 1. The van der Waals surface area contributed by atoms with E-state index >= 15 is 0 Å². The molecule has 1 aromatic carbocycles. The Morgan fingerprint density at radius 3 is 2.67 bits per heavy atom. The maximum Gasteiger partial charge on any atom is 0.166 e. The van der Waals surface area contributed by atoms with Crippen LogP contribution in [0.3, 0.4) is 0 Å². The van der Waals surface area contributed by atoms with Gasteiger partial charge in [0.05, 0.1) is 0 Å². The van der Waals surface area contributed by atoms with Gasteiger partial charge in [-0.05, 0) is 36.5 Å². The molecule has 0 aromatic heterocycles. The minimum absolute atomic E-state index is 0.260. The predicted octanol–water partition coefficient (Wildman–Crippen LogP) is 2.74. The summed E-state index contributed by atoms with van der Waals surface area (Å²) in [6.07, 6.45) is 4.71. The van der Waals surface area contributed by atoms with Crippen molar-refractivity contribution >= 4 is 11.5 Å². The van der Waals surface area contributed by atoms with E-state index in [0.29, 0.717) is 17.4 Å². The van der Waals surface area contributed by atoms with Crippen LogP contribution in [0, 0.1) is 5.92 Å². The summed E-state index contributed by atoms with van der Waals surface area (Å²) in [5.74, 6) is 1.08. The number of carbonyl (C=O) groups is 1. The predicted molar refractivity (Wildman–Crippen MR) is 59.9 cm³/mol. The lowest BCUT2D eigenvalue weighted by molar-refractivity contribution is 0.0898. The van der Waals surface area contributed by atoms with Crippen molar-refractivity contribution in [2.75, 3.05) is 5.73 Å². The highest BCUT2D eigenvalue weighted by Gasteiger charge is 2.40. The number of hydrogen-bond acceptors (Lipinski definition) is 2. The molecule has 0 heterocycles. The summed E-state index contributed by atoms with van der Waals surface area (Å²) in [5, 5.41) is 0. The van der Waals surface area contributed by atoms with Crippen LogP contribution < -0.4 is 5.73 Å². The van der Waals surface area contributed by atoms with Gasteiger partial charge in [0.2, 0.25) is 0 Å². The van der Waals surface area contributed by atoms with Crippen LogP contribution in [0.1, 0.15) is 47.5 Å². The van der Waals surface area contributed by atoms with Gasteiger partial charge in [-0.15, -0.1) is 0 Å². The van der Waals surface area contributed by atoms with Crippen LogP contribution in [0.5, 0.6) is 0 Å². The van der Waals surface area contributed by atoms with Gasteiger partial charge in [-0.25, -0.2) is 0 Å². The van der Waals surface area contributed by atoms with Crippen LogP contribution in [0.25, 0.3) is 0 Å². The first-order valence-corrected chi connectivity index (χ1v) is 5.71. The molecule has 2 heteroatoms. The molecule has 1 aromatic rings. The molecule has 0 bridgehead atoms. The minimum atomic E-state index is 0.260. The van der Waals surface area contributed by atoms with E-state index in [1.165, 1.54) is 24.8 Å². The summed E-state index contributed by atoms with van der Waals surface area (Å²) in [6, 6.07) is 5.83. The number of carbonyl (C=O) groups excluding carboxylic acids is 1. The molecule has 2 nitrogen and oxygen atoms in total. The Hall–Kier alpha value is -1.31. The second-order valence-corrected chi connectivity index (χ2v) is 4.71. The third-order valence-electron chi connectivity index (χ3n) is 3.85. The second-order valence-electron chi connectivity index (χ2n) is 4.71. The highest BCUT2D eigenvalue weighted by molar-refractivity contribution is 6.03. The highest BCUT2D eigenvalue weighted by atomic mass is 16.1. The number of nitrogen functional groups attached to an aromatic ring is 1. The largest absolute Gasteiger partial charge is 0.399 e. The number of Topliss-reactive ketones (excluding diaryl/α,β-unsaturated/α-hetero) is 1. The summed E-state index contributed by atoms with van der Waals surface area (Å²) in [4.78, 5) is 12.1. The minimum Gasteiger partial charge on any atom is -0.399 e. The fourth-order valence-corrected chi connectivity index (χ4v) is 3.13. The zero-order valence-electron chi connectivity index (χ0n) is 8.70. The molecule has 0 radical (unpaired) electrons. The van der Waals surface area contributed by atoms with Crippen molar-refractivity contribution in [2.45, 2.75) is 31.6 Å². The first kappa shape index (κ1) is 8.96. The zero-order chi connectivity index (χ0) is 10.4. The Kier molecular flexibility index (Phi) is 1.84. The molecular formula is C13H15NO. The molecule has 1 saturated carbocycles. The van der Waals surface area contributed by atoms with Crippen LogP contribution in [0.15, 0.2) is 18.2 Å². The second kappa shape index (κ2) is 3.09. The van der Waals surface area contributed by atoms with Gasteiger partial charge in [0.25, 0.3) is 0 Å². The van der Waals surface area contributed by atoms with E-state index in [9.17, 15) is 4.79 Å². The molecular weight excluding hydrogens is 186 g/mol. The van der Waals surface area contributed by atoms with E-state index in [2.05, 4.69) is 6.07 Å². The Labute approximate surface area is 89.5 Å². The fraction of sp³-hybridized carbons (Fsp3) is 0.462. The summed E-state index contributed by atoms with van der Waals surface area (Å²) < 4.78 is 0. The number of ketones is 1. The van der Waals surface area contributed by atoms with Gasteiger partial charge >= 0.3 is 0 Å². The summed E-state index contributed by atoms with van der Waals surface area (Å²) in [7, 11) is 0. The first-order chi connectivity index (χ1) is 7.27. The van der Waals surface area contributed by atoms with Crippen molar-refractivity contribution in [2.24, 2.45) is 5.92 Å². The van der Waals surface area contributed by atoms with E-state index < -0.39 is 0 Å². The van der Waals surface area contributed by atoms with Gasteiger partial charge in [-0.3, -0.25) is 4.79 Å². The molecule has 2 atom stereocenters. The van der Waals surface area contributed by atoms with E-state index in [4.69, 9.17) is 5.73 Å². The molecule has 0 spiro atoms. The Morgan fingerprint density at radius 1 is 1.13 bits per heavy atom. The monoisotopic (exact) mass is 201 g/mol. The van der Waals surface area contributed by atoms with Crippen LogP contribution in [0.2, 0.25) is 0 Å². The number of nitrogens with two attached hydrogens (primary N) is 1. The van der Waals surface area contributed by atoms with Crippen LogP contribution in [-0.4, -0.2) is 5.78 Å². The first-order valence-electron chi connectivity index (χ1n) is 5.71. The normalized spacial score (nSPS) is 28.7. The topological polar surface area (TPSA) is 43.1 Å². The van der Waals surface area contributed by atoms with Gasteiger partial charge < -0.3 is 5.73 Å². The molecule has 0 saturated heterocycles. The average molecular weight is 201 g/mol. The molecule has 0 aliphatic heterocycles. The lowest BCUT2D eigenvalue weighted by atomic mass is 9.79. The number of fused-ring (bicyclic) bond motifs is 3. The van der Waals surface area contributed by atoms with Gasteiger partial charge in [0, 0.05) is 17.2 Å². The Morgan fingerprint density at radius 2 is 1.87 bits per heavy atom. The highest BCUT2D eigenvalue weighted by Crippen LogP contribution is 2.46. The van der Waals surface area contributed by atoms with E-state index in [1.807, 2.05) is 12.1 Å². The molecule has 2 aliphatic carbocycles. The molecule has 15 heavy (non-hydrogen) atoms. The number of hydrogen-bond donors (Lipinski definition) is 1.